The molecule has 0 bridgehead atoms. The Morgan fingerprint density at radius 2 is 1.81 bits per heavy atom. The molecule has 2 atom stereocenters. The second-order valence-corrected chi connectivity index (χ2v) is 9.40. The van der Waals surface area contributed by atoms with E-state index in [1.807, 2.05) is 74.5 Å². The Balaban J connectivity index is 1.46. The van der Waals surface area contributed by atoms with Crippen LogP contribution in [0.4, 0.5) is 8.78 Å². The summed E-state index contributed by atoms with van der Waals surface area (Å²) >= 11 is 0. The molecule has 0 fully saturated rings. The summed E-state index contributed by atoms with van der Waals surface area (Å²) in [7, 11) is 0. The Morgan fingerprint density at radius 3 is 2.54 bits per heavy atom. The molecule has 1 aliphatic rings. The number of amides is 1. The van der Waals surface area contributed by atoms with Crippen LogP contribution >= 0.6 is 0 Å². The monoisotopic (exact) mass is 507 g/mol. The standard InChI is InChI=1S/C28H27F2N3O4/c1-17(2)25(32-27(34)28(3,29)30)26(18-7-5-4-6-8-18)37-21-10-11-22-19(13-21)15-31-33(22)20-9-12-23-24(14-20)36-16-35-23/h4-15,17,25-26H,16H2,1-3H3,(H,32,34)/t25-,26+/m0/s1. The summed E-state index contributed by atoms with van der Waals surface area (Å²) < 4.78 is 46.5. The fourth-order valence-electron chi connectivity index (χ4n) is 4.32. The highest BCUT2D eigenvalue weighted by atomic mass is 19.3. The van der Waals surface area contributed by atoms with E-state index in [0.717, 1.165) is 22.2 Å². The predicted molar refractivity (Wildman–Crippen MR) is 134 cm³/mol. The lowest BCUT2D eigenvalue weighted by Gasteiger charge is -2.32. The van der Waals surface area contributed by atoms with Crippen LogP contribution in [0, 0.1) is 5.92 Å². The number of alkyl halides is 2. The maximum Gasteiger partial charge on any atom is 0.321 e. The van der Waals surface area contributed by atoms with Crippen LogP contribution in [0.15, 0.2) is 72.9 Å². The molecule has 0 aliphatic carbocycles. The Bertz CT molecular complexity index is 1420. The normalized spacial score (nSPS) is 14.5. The van der Waals surface area contributed by atoms with Crippen molar-refractivity contribution in [3.05, 3.63) is 78.5 Å². The smallest absolute Gasteiger partial charge is 0.321 e. The first-order chi connectivity index (χ1) is 17.7. The fourth-order valence-corrected chi connectivity index (χ4v) is 4.32. The largest absolute Gasteiger partial charge is 0.484 e. The van der Waals surface area contributed by atoms with E-state index in [-0.39, 0.29) is 12.7 Å². The molecule has 1 aromatic heterocycles. The minimum Gasteiger partial charge on any atom is -0.484 e. The average molecular weight is 508 g/mol. The first-order valence-corrected chi connectivity index (χ1v) is 12.0. The molecule has 2 heterocycles. The van der Waals surface area contributed by atoms with E-state index in [4.69, 9.17) is 14.2 Å². The molecule has 1 aliphatic heterocycles. The topological polar surface area (TPSA) is 74.6 Å². The molecule has 192 valence electrons. The number of halogens is 2. The van der Waals surface area contributed by atoms with Crippen LogP contribution in [-0.2, 0) is 4.79 Å². The quantitative estimate of drug-likeness (QED) is 0.333. The molecule has 0 unspecified atom stereocenters. The van der Waals surface area contributed by atoms with Gasteiger partial charge in [-0.05, 0) is 41.8 Å². The number of nitrogens with one attached hydrogen (secondary N) is 1. The Labute approximate surface area is 212 Å². The first kappa shape index (κ1) is 24.5. The summed E-state index contributed by atoms with van der Waals surface area (Å²) in [5.41, 5.74) is 2.43. The Hall–Kier alpha value is -4.14. The van der Waals surface area contributed by atoms with Crippen molar-refractivity contribution in [2.75, 3.05) is 6.79 Å². The number of ether oxygens (including phenoxy) is 3. The van der Waals surface area contributed by atoms with E-state index in [0.29, 0.717) is 24.2 Å². The number of hydrogen-bond acceptors (Lipinski definition) is 5. The highest BCUT2D eigenvalue weighted by molar-refractivity contribution is 5.83. The summed E-state index contributed by atoms with van der Waals surface area (Å²) in [5.74, 6) is -3.15. The van der Waals surface area contributed by atoms with Crippen molar-refractivity contribution in [2.24, 2.45) is 5.92 Å². The minimum atomic E-state index is -3.50. The molecule has 0 saturated heterocycles. The number of fused-ring (bicyclic) bond motifs is 2. The van der Waals surface area contributed by atoms with Crippen molar-refractivity contribution in [2.45, 2.75) is 38.8 Å². The molecular weight excluding hydrogens is 480 g/mol. The van der Waals surface area contributed by atoms with Gasteiger partial charge in [-0.1, -0.05) is 44.2 Å². The van der Waals surface area contributed by atoms with Crippen LogP contribution in [0.1, 0.15) is 32.4 Å². The van der Waals surface area contributed by atoms with E-state index in [1.165, 1.54) is 0 Å². The maximum absolute atomic E-state index is 13.7. The molecule has 5 rings (SSSR count). The van der Waals surface area contributed by atoms with Gasteiger partial charge in [0.2, 0.25) is 6.79 Å². The highest BCUT2D eigenvalue weighted by Gasteiger charge is 2.37. The van der Waals surface area contributed by atoms with Gasteiger partial charge < -0.3 is 19.5 Å². The van der Waals surface area contributed by atoms with Crippen LogP contribution in [-0.4, -0.2) is 34.4 Å². The lowest BCUT2D eigenvalue weighted by Crippen LogP contribution is -2.49. The fraction of sp³-hybridized carbons (Fsp3) is 0.286. The van der Waals surface area contributed by atoms with Crippen molar-refractivity contribution in [1.82, 2.24) is 15.1 Å². The number of hydrogen-bond donors (Lipinski definition) is 1. The number of benzene rings is 3. The number of carbonyl (C=O) groups excluding carboxylic acids is 1. The number of carbonyl (C=O) groups is 1. The van der Waals surface area contributed by atoms with Crippen molar-refractivity contribution in [3.63, 3.8) is 0 Å². The summed E-state index contributed by atoms with van der Waals surface area (Å²) in [6.45, 7) is 4.49. The van der Waals surface area contributed by atoms with Gasteiger partial charge in [0, 0.05) is 18.4 Å². The third-order valence-electron chi connectivity index (χ3n) is 6.27. The van der Waals surface area contributed by atoms with Crippen molar-refractivity contribution >= 4 is 16.8 Å². The maximum atomic E-state index is 13.7. The molecule has 7 nitrogen and oxygen atoms in total. The van der Waals surface area contributed by atoms with Gasteiger partial charge in [-0.15, -0.1) is 0 Å². The molecule has 0 saturated carbocycles. The summed E-state index contributed by atoms with van der Waals surface area (Å²) in [6, 6.07) is 19.7. The molecule has 9 heteroatoms. The van der Waals surface area contributed by atoms with E-state index < -0.39 is 24.0 Å². The van der Waals surface area contributed by atoms with E-state index in [2.05, 4.69) is 10.4 Å². The van der Waals surface area contributed by atoms with E-state index in [9.17, 15) is 13.6 Å². The predicted octanol–water partition coefficient (Wildman–Crippen LogP) is 5.67. The molecule has 4 aromatic rings. The first-order valence-electron chi connectivity index (χ1n) is 12.0. The van der Waals surface area contributed by atoms with Gasteiger partial charge in [0.1, 0.15) is 11.9 Å². The summed E-state index contributed by atoms with van der Waals surface area (Å²) in [4.78, 5) is 12.2. The molecular formula is C28H27F2N3O4. The Morgan fingerprint density at radius 1 is 1.05 bits per heavy atom. The van der Waals surface area contributed by atoms with Crippen LogP contribution in [0.5, 0.6) is 17.2 Å². The third kappa shape index (κ3) is 5.07. The van der Waals surface area contributed by atoms with Gasteiger partial charge in [-0.2, -0.15) is 13.9 Å². The number of aromatic nitrogens is 2. The van der Waals surface area contributed by atoms with Crippen molar-refractivity contribution < 1.29 is 27.8 Å². The van der Waals surface area contributed by atoms with Crippen molar-refractivity contribution in [3.8, 4) is 22.9 Å². The van der Waals surface area contributed by atoms with Gasteiger partial charge in [-0.25, -0.2) is 4.68 Å². The Kier molecular flexibility index (Phi) is 6.45. The van der Waals surface area contributed by atoms with Gasteiger partial charge in [0.05, 0.1) is 23.4 Å². The average Bonchev–Trinajstić information content (AvgIpc) is 3.52. The second-order valence-electron chi connectivity index (χ2n) is 9.40. The molecule has 37 heavy (non-hydrogen) atoms. The van der Waals surface area contributed by atoms with Crippen LogP contribution in [0.3, 0.4) is 0 Å². The third-order valence-corrected chi connectivity index (χ3v) is 6.27. The molecule has 0 spiro atoms. The number of rotatable bonds is 8. The summed E-state index contributed by atoms with van der Waals surface area (Å²) in [5, 5.41) is 7.86. The van der Waals surface area contributed by atoms with Crippen LogP contribution in [0.25, 0.3) is 16.6 Å². The zero-order valence-corrected chi connectivity index (χ0v) is 20.7. The zero-order valence-electron chi connectivity index (χ0n) is 20.7. The number of nitrogens with zero attached hydrogens (tertiary/aromatic N) is 2. The van der Waals surface area contributed by atoms with E-state index >= 15 is 0 Å². The minimum absolute atomic E-state index is 0.186. The SMILES string of the molecule is CC(C)[C@H](NC(=O)C(C)(F)F)[C@H](Oc1ccc2c(cnn2-c2ccc3c(c2)OCO3)c1)c1ccccc1. The van der Waals surface area contributed by atoms with Gasteiger partial charge in [-0.3, -0.25) is 4.79 Å². The van der Waals surface area contributed by atoms with Crippen molar-refractivity contribution in [1.29, 1.82) is 0 Å². The van der Waals surface area contributed by atoms with Crippen LogP contribution < -0.4 is 19.5 Å². The highest BCUT2D eigenvalue weighted by Crippen LogP contribution is 2.35. The second kappa shape index (κ2) is 9.72. The van der Waals surface area contributed by atoms with E-state index in [1.54, 1.807) is 16.9 Å². The molecule has 1 N–H and O–H groups in total. The molecule has 1 amide bonds. The molecule has 3 aromatic carbocycles. The van der Waals surface area contributed by atoms with Crippen LogP contribution in [0.2, 0.25) is 0 Å². The zero-order chi connectivity index (χ0) is 26.2. The van der Waals surface area contributed by atoms with Gasteiger partial charge in [0.15, 0.2) is 11.5 Å². The molecule has 0 radical (unpaired) electrons. The van der Waals surface area contributed by atoms with Gasteiger partial charge in [0.25, 0.3) is 5.91 Å². The lowest BCUT2D eigenvalue weighted by atomic mass is 9.92. The summed E-state index contributed by atoms with van der Waals surface area (Å²) in [6.07, 6.45) is 1.03. The lowest BCUT2D eigenvalue weighted by molar-refractivity contribution is -0.145. The van der Waals surface area contributed by atoms with Gasteiger partial charge >= 0.3 is 5.92 Å².